The maximum Gasteiger partial charge on any atom is 0.335 e. The number of anilines is 1. The van der Waals surface area contributed by atoms with E-state index >= 15 is 0 Å². The minimum atomic E-state index is -1.14. The van der Waals surface area contributed by atoms with E-state index in [0.717, 1.165) is 6.07 Å². The van der Waals surface area contributed by atoms with E-state index in [4.69, 9.17) is 5.11 Å². The Kier molecular flexibility index (Phi) is 4.46. The number of rotatable bonds is 6. The molecule has 1 rings (SSSR count). The third-order valence-electron chi connectivity index (χ3n) is 2.23. The number of carbonyl (C=O) groups is 1. The van der Waals surface area contributed by atoms with Crippen LogP contribution in [0.25, 0.3) is 0 Å². The standard InChI is InChI=1S/C13H14FNO2/c1-3-7-15(8-4-2)12-6-5-10(13(16)17)9-11(12)14/h3-6,9H,1-2,7-8H2,(H,16,17). The Morgan fingerprint density at radius 3 is 2.35 bits per heavy atom. The minimum absolute atomic E-state index is 0.0663. The molecule has 0 aliphatic heterocycles. The molecule has 0 fully saturated rings. The number of halogens is 1. The predicted octanol–water partition coefficient (Wildman–Crippen LogP) is 2.70. The van der Waals surface area contributed by atoms with Crippen LogP contribution >= 0.6 is 0 Å². The number of nitrogens with zero attached hydrogens (tertiary/aromatic N) is 1. The first-order valence-corrected chi connectivity index (χ1v) is 5.09. The quantitative estimate of drug-likeness (QED) is 0.771. The lowest BCUT2D eigenvalue weighted by Crippen LogP contribution is -2.24. The molecule has 0 aromatic heterocycles. The van der Waals surface area contributed by atoms with Gasteiger partial charge in [0, 0.05) is 13.1 Å². The molecule has 0 bridgehead atoms. The summed E-state index contributed by atoms with van der Waals surface area (Å²) < 4.78 is 13.7. The van der Waals surface area contributed by atoms with Crippen molar-refractivity contribution < 1.29 is 14.3 Å². The molecular formula is C13H14FNO2. The van der Waals surface area contributed by atoms with Crippen LogP contribution in [-0.4, -0.2) is 24.2 Å². The SMILES string of the molecule is C=CCN(CC=C)c1ccc(C(=O)O)cc1F. The molecule has 0 spiro atoms. The van der Waals surface area contributed by atoms with Crippen LogP contribution in [0.5, 0.6) is 0 Å². The molecular weight excluding hydrogens is 221 g/mol. The van der Waals surface area contributed by atoms with Crippen LogP contribution in [-0.2, 0) is 0 Å². The summed E-state index contributed by atoms with van der Waals surface area (Å²) >= 11 is 0. The Balaban J connectivity index is 3.07. The van der Waals surface area contributed by atoms with Gasteiger partial charge in [0.25, 0.3) is 0 Å². The second-order valence-electron chi connectivity index (χ2n) is 3.45. The molecule has 0 unspecified atom stereocenters. The molecule has 0 amide bonds. The van der Waals surface area contributed by atoms with Crippen LogP contribution < -0.4 is 4.90 Å². The van der Waals surface area contributed by atoms with Crippen LogP contribution in [0.2, 0.25) is 0 Å². The fraction of sp³-hybridized carbons (Fsp3) is 0.154. The van der Waals surface area contributed by atoms with Crippen LogP contribution in [0, 0.1) is 5.82 Å². The molecule has 0 saturated carbocycles. The van der Waals surface area contributed by atoms with Crippen molar-refractivity contribution in [3.8, 4) is 0 Å². The highest BCUT2D eigenvalue weighted by atomic mass is 19.1. The molecule has 0 aliphatic rings. The van der Waals surface area contributed by atoms with E-state index in [9.17, 15) is 9.18 Å². The summed E-state index contributed by atoms with van der Waals surface area (Å²) in [4.78, 5) is 12.4. The Morgan fingerprint density at radius 2 is 1.94 bits per heavy atom. The molecule has 4 heteroatoms. The molecule has 0 atom stereocenters. The average molecular weight is 235 g/mol. The number of benzene rings is 1. The van der Waals surface area contributed by atoms with Crippen LogP contribution in [0.1, 0.15) is 10.4 Å². The fourth-order valence-electron chi connectivity index (χ4n) is 1.48. The third kappa shape index (κ3) is 3.17. The maximum absolute atomic E-state index is 13.7. The van der Waals surface area contributed by atoms with E-state index in [1.165, 1.54) is 12.1 Å². The fourth-order valence-corrected chi connectivity index (χ4v) is 1.48. The molecule has 0 aliphatic carbocycles. The molecule has 0 saturated heterocycles. The molecule has 0 heterocycles. The number of aromatic carboxylic acids is 1. The second kappa shape index (κ2) is 5.84. The summed E-state index contributed by atoms with van der Waals surface area (Å²) in [5.41, 5.74) is 0.276. The highest BCUT2D eigenvalue weighted by Gasteiger charge is 2.12. The van der Waals surface area contributed by atoms with Gasteiger partial charge in [0.2, 0.25) is 0 Å². The van der Waals surface area contributed by atoms with Crippen molar-refractivity contribution in [3.63, 3.8) is 0 Å². The van der Waals surface area contributed by atoms with Gasteiger partial charge in [-0.25, -0.2) is 9.18 Å². The van der Waals surface area contributed by atoms with Crippen molar-refractivity contribution in [3.05, 3.63) is 54.9 Å². The summed E-state index contributed by atoms with van der Waals surface area (Å²) in [6.07, 6.45) is 3.29. The highest BCUT2D eigenvalue weighted by molar-refractivity contribution is 5.88. The van der Waals surface area contributed by atoms with Crippen molar-refractivity contribution in [2.45, 2.75) is 0 Å². The topological polar surface area (TPSA) is 40.5 Å². The Morgan fingerprint density at radius 1 is 1.35 bits per heavy atom. The Bertz CT molecular complexity index is 433. The van der Waals surface area contributed by atoms with E-state index in [2.05, 4.69) is 13.2 Å². The van der Waals surface area contributed by atoms with Crippen LogP contribution in [0.3, 0.4) is 0 Å². The van der Waals surface area contributed by atoms with Crippen molar-refractivity contribution in [1.82, 2.24) is 0 Å². The highest BCUT2D eigenvalue weighted by Crippen LogP contribution is 2.20. The lowest BCUT2D eigenvalue weighted by Gasteiger charge is -2.22. The molecule has 1 N–H and O–H groups in total. The van der Waals surface area contributed by atoms with E-state index in [-0.39, 0.29) is 5.56 Å². The molecule has 1 aromatic carbocycles. The van der Waals surface area contributed by atoms with Crippen molar-refractivity contribution >= 4 is 11.7 Å². The largest absolute Gasteiger partial charge is 0.478 e. The van der Waals surface area contributed by atoms with Gasteiger partial charge in [-0.3, -0.25) is 0 Å². The van der Waals surface area contributed by atoms with E-state index in [1.54, 1.807) is 17.1 Å². The van der Waals surface area contributed by atoms with E-state index < -0.39 is 11.8 Å². The molecule has 17 heavy (non-hydrogen) atoms. The van der Waals surface area contributed by atoms with E-state index in [0.29, 0.717) is 18.8 Å². The van der Waals surface area contributed by atoms with Crippen molar-refractivity contribution in [2.24, 2.45) is 0 Å². The van der Waals surface area contributed by atoms with Gasteiger partial charge >= 0.3 is 5.97 Å². The molecule has 90 valence electrons. The summed E-state index contributed by atoms with van der Waals surface area (Å²) in [7, 11) is 0. The maximum atomic E-state index is 13.7. The average Bonchev–Trinajstić information content (AvgIpc) is 2.28. The van der Waals surface area contributed by atoms with Crippen LogP contribution in [0.4, 0.5) is 10.1 Å². The van der Waals surface area contributed by atoms with Gasteiger partial charge in [-0.15, -0.1) is 13.2 Å². The minimum Gasteiger partial charge on any atom is -0.478 e. The van der Waals surface area contributed by atoms with Gasteiger partial charge < -0.3 is 10.0 Å². The van der Waals surface area contributed by atoms with Crippen molar-refractivity contribution in [1.29, 1.82) is 0 Å². The first-order chi connectivity index (χ1) is 8.10. The van der Waals surface area contributed by atoms with Crippen LogP contribution in [0.15, 0.2) is 43.5 Å². The summed E-state index contributed by atoms with van der Waals surface area (Å²) in [5, 5.41) is 8.73. The lowest BCUT2D eigenvalue weighted by atomic mass is 10.2. The second-order valence-corrected chi connectivity index (χ2v) is 3.45. The molecule has 0 radical (unpaired) electrons. The zero-order chi connectivity index (χ0) is 12.8. The van der Waals surface area contributed by atoms with Gasteiger partial charge in [-0.05, 0) is 18.2 Å². The third-order valence-corrected chi connectivity index (χ3v) is 2.23. The summed E-state index contributed by atoms with van der Waals surface area (Å²) in [6, 6.07) is 3.84. The lowest BCUT2D eigenvalue weighted by molar-refractivity contribution is 0.0696. The van der Waals surface area contributed by atoms with Gasteiger partial charge in [0.15, 0.2) is 0 Å². The van der Waals surface area contributed by atoms with Gasteiger partial charge in [0.1, 0.15) is 5.82 Å². The number of carboxylic acids is 1. The molecule has 1 aromatic rings. The van der Waals surface area contributed by atoms with E-state index in [1.807, 2.05) is 0 Å². The number of hydrogen-bond donors (Lipinski definition) is 1. The first kappa shape index (κ1) is 13.0. The first-order valence-electron chi connectivity index (χ1n) is 5.09. The van der Waals surface area contributed by atoms with Gasteiger partial charge in [-0.1, -0.05) is 12.2 Å². The zero-order valence-electron chi connectivity index (χ0n) is 9.40. The van der Waals surface area contributed by atoms with Gasteiger partial charge in [-0.2, -0.15) is 0 Å². The molecule has 3 nitrogen and oxygen atoms in total. The smallest absolute Gasteiger partial charge is 0.335 e. The normalized spacial score (nSPS) is 9.71. The Labute approximate surface area is 99.5 Å². The predicted molar refractivity (Wildman–Crippen MR) is 66.0 cm³/mol. The monoisotopic (exact) mass is 235 g/mol. The number of carboxylic acid groups (broad SMARTS) is 1. The van der Waals surface area contributed by atoms with Gasteiger partial charge in [0.05, 0.1) is 11.3 Å². The zero-order valence-corrected chi connectivity index (χ0v) is 9.40. The van der Waals surface area contributed by atoms with Crippen molar-refractivity contribution in [2.75, 3.05) is 18.0 Å². The summed E-state index contributed by atoms with van der Waals surface area (Å²) in [5.74, 6) is -1.71. The Hall–Kier alpha value is -2.10. The number of hydrogen-bond acceptors (Lipinski definition) is 2. The summed E-state index contributed by atoms with van der Waals surface area (Å²) in [6.45, 7) is 8.12.